The number of rotatable bonds is 3. The zero-order chi connectivity index (χ0) is 17.4. The van der Waals surface area contributed by atoms with Crippen molar-refractivity contribution in [3.05, 3.63) is 18.2 Å². The van der Waals surface area contributed by atoms with Crippen molar-refractivity contribution in [3.8, 4) is 11.5 Å². The third-order valence-corrected chi connectivity index (χ3v) is 5.54. The Balaban J connectivity index is 1.69. The molecule has 1 aromatic carbocycles. The molecule has 3 N–H and O–H groups in total. The SMILES string of the molecule is COC1(C)CC(N=C(N)Nc2ccc3c(c2)OCCCO3)C1(C)C. The van der Waals surface area contributed by atoms with Crippen LogP contribution in [0.3, 0.4) is 0 Å². The van der Waals surface area contributed by atoms with E-state index in [1.165, 1.54) is 0 Å². The van der Waals surface area contributed by atoms with E-state index >= 15 is 0 Å². The lowest BCUT2D eigenvalue weighted by Crippen LogP contribution is -2.62. The lowest BCUT2D eigenvalue weighted by molar-refractivity contribution is -0.171. The Bertz CT molecular complexity index is 644. The summed E-state index contributed by atoms with van der Waals surface area (Å²) in [5.41, 5.74) is 6.73. The van der Waals surface area contributed by atoms with Crippen molar-refractivity contribution in [2.75, 3.05) is 25.6 Å². The van der Waals surface area contributed by atoms with Crippen molar-refractivity contribution in [2.45, 2.75) is 45.3 Å². The Labute approximate surface area is 143 Å². The number of hydrogen-bond acceptors (Lipinski definition) is 4. The zero-order valence-electron chi connectivity index (χ0n) is 14.9. The maximum atomic E-state index is 6.10. The number of methoxy groups -OCH3 is 1. The van der Waals surface area contributed by atoms with Gasteiger partial charge in [-0.25, -0.2) is 4.99 Å². The minimum Gasteiger partial charge on any atom is -0.490 e. The Morgan fingerprint density at radius 2 is 1.96 bits per heavy atom. The molecular formula is C18H27N3O3. The summed E-state index contributed by atoms with van der Waals surface area (Å²) < 4.78 is 17.0. The molecule has 1 fully saturated rings. The molecule has 1 aromatic rings. The molecule has 1 aliphatic carbocycles. The van der Waals surface area contributed by atoms with Crippen molar-refractivity contribution in [3.63, 3.8) is 0 Å². The number of ether oxygens (including phenoxy) is 3. The molecular weight excluding hydrogens is 306 g/mol. The van der Waals surface area contributed by atoms with E-state index in [-0.39, 0.29) is 17.1 Å². The highest BCUT2D eigenvalue weighted by Gasteiger charge is 2.58. The molecule has 3 rings (SSSR count). The van der Waals surface area contributed by atoms with Gasteiger partial charge in [0.25, 0.3) is 0 Å². The highest BCUT2D eigenvalue weighted by atomic mass is 16.5. The second-order valence-corrected chi connectivity index (χ2v) is 7.23. The topological polar surface area (TPSA) is 78.1 Å². The van der Waals surface area contributed by atoms with Gasteiger partial charge >= 0.3 is 0 Å². The van der Waals surface area contributed by atoms with Gasteiger partial charge in [-0.2, -0.15) is 0 Å². The Hall–Kier alpha value is -1.95. The molecule has 1 aliphatic heterocycles. The molecule has 0 radical (unpaired) electrons. The minimum absolute atomic E-state index is 0.0568. The van der Waals surface area contributed by atoms with Crippen LogP contribution < -0.4 is 20.5 Å². The average Bonchev–Trinajstić information content (AvgIpc) is 2.79. The first-order chi connectivity index (χ1) is 11.4. The number of aliphatic imine (C=N–C) groups is 1. The van der Waals surface area contributed by atoms with Gasteiger partial charge in [-0.3, -0.25) is 0 Å². The summed E-state index contributed by atoms with van der Waals surface area (Å²) in [6.45, 7) is 7.78. The van der Waals surface area contributed by atoms with Crippen LogP contribution in [0, 0.1) is 5.41 Å². The molecule has 2 atom stereocenters. The number of anilines is 1. The van der Waals surface area contributed by atoms with Crippen molar-refractivity contribution in [2.24, 2.45) is 16.1 Å². The third kappa shape index (κ3) is 2.90. The number of nitrogens with zero attached hydrogens (tertiary/aromatic N) is 1. The highest BCUT2D eigenvalue weighted by molar-refractivity contribution is 5.92. The summed E-state index contributed by atoms with van der Waals surface area (Å²) >= 11 is 0. The van der Waals surface area contributed by atoms with Crippen LogP contribution in [-0.4, -0.2) is 37.9 Å². The Morgan fingerprint density at radius 3 is 2.62 bits per heavy atom. The molecule has 1 heterocycles. The van der Waals surface area contributed by atoms with Crippen molar-refractivity contribution >= 4 is 11.6 Å². The van der Waals surface area contributed by atoms with E-state index in [0.717, 1.165) is 30.0 Å². The number of fused-ring (bicyclic) bond motifs is 1. The largest absolute Gasteiger partial charge is 0.490 e. The quantitative estimate of drug-likeness (QED) is 0.657. The van der Waals surface area contributed by atoms with Gasteiger partial charge < -0.3 is 25.3 Å². The van der Waals surface area contributed by atoms with Gasteiger partial charge in [0, 0.05) is 30.7 Å². The van der Waals surface area contributed by atoms with Crippen LogP contribution in [0.25, 0.3) is 0 Å². The normalized spacial score (nSPS) is 28.7. The van der Waals surface area contributed by atoms with Crippen LogP contribution in [0.2, 0.25) is 0 Å². The summed E-state index contributed by atoms with van der Waals surface area (Å²) in [7, 11) is 1.75. The minimum atomic E-state index is -0.156. The third-order valence-electron chi connectivity index (χ3n) is 5.54. The molecule has 2 aliphatic rings. The van der Waals surface area contributed by atoms with Crippen LogP contribution in [0.1, 0.15) is 33.6 Å². The fourth-order valence-corrected chi connectivity index (χ4v) is 3.25. The molecule has 24 heavy (non-hydrogen) atoms. The lowest BCUT2D eigenvalue weighted by Gasteiger charge is -2.57. The molecule has 0 aromatic heterocycles. The monoisotopic (exact) mass is 333 g/mol. The second kappa shape index (κ2) is 6.16. The van der Waals surface area contributed by atoms with E-state index in [2.05, 4.69) is 31.1 Å². The van der Waals surface area contributed by atoms with E-state index < -0.39 is 0 Å². The fourth-order valence-electron chi connectivity index (χ4n) is 3.25. The van der Waals surface area contributed by atoms with E-state index in [9.17, 15) is 0 Å². The first-order valence-corrected chi connectivity index (χ1v) is 8.41. The first-order valence-electron chi connectivity index (χ1n) is 8.41. The standard InChI is InChI=1S/C18H27N3O3/c1-17(2)15(11-18(17,3)22-4)21-16(19)20-12-6-7-13-14(10-12)24-9-5-8-23-13/h6-7,10,15H,5,8-9,11H2,1-4H3,(H3,19,20,21). The molecule has 1 saturated carbocycles. The smallest absolute Gasteiger partial charge is 0.193 e. The van der Waals surface area contributed by atoms with Crippen LogP contribution >= 0.6 is 0 Å². The van der Waals surface area contributed by atoms with Gasteiger partial charge in [0.05, 0.1) is 24.9 Å². The van der Waals surface area contributed by atoms with Crippen molar-refractivity contribution in [1.82, 2.24) is 0 Å². The lowest BCUT2D eigenvalue weighted by atomic mass is 9.56. The van der Waals surface area contributed by atoms with Crippen LogP contribution in [0.15, 0.2) is 23.2 Å². The van der Waals surface area contributed by atoms with Gasteiger partial charge in [-0.15, -0.1) is 0 Å². The van der Waals surface area contributed by atoms with Crippen LogP contribution in [-0.2, 0) is 4.74 Å². The van der Waals surface area contributed by atoms with Crippen LogP contribution in [0.4, 0.5) is 5.69 Å². The fraction of sp³-hybridized carbons (Fsp3) is 0.611. The van der Waals surface area contributed by atoms with Crippen molar-refractivity contribution in [1.29, 1.82) is 0 Å². The van der Waals surface area contributed by atoms with E-state index in [4.69, 9.17) is 19.9 Å². The molecule has 0 saturated heterocycles. The average molecular weight is 333 g/mol. The number of nitrogens with one attached hydrogen (secondary N) is 1. The molecule has 0 bridgehead atoms. The first kappa shape index (κ1) is 16.9. The number of benzene rings is 1. The molecule has 6 nitrogen and oxygen atoms in total. The predicted octanol–water partition coefficient (Wildman–Crippen LogP) is 2.78. The van der Waals surface area contributed by atoms with E-state index in [1.807, 2.05) is 18.2 Å². The van der Waals surface area contributed by atoms with E-state index in [1.54, 1.807) is 7.11 Å². The summed E-state index contributed by atoms with van der Waals surface area (Å²) in [6, 6.07) is 5.84. The molecule has 0 spiro atoms. The van der Waals surface area contributed by atoms with E-state index in [0.29, 0.717) is 19.2 Å². The molecule has 6 heteroatoms. The summed E-state index contributed by atoms with van der Waals surface area (Å²) in [4.78, 5) is 4.64. The van der Waals surface area contributed by atoms with Gasteiger partial charge in [0.1, 0.15) is 0 Å². The highest BCUT2D eigenvalue weighted by Crippen LogP contribution is 2.53. The zero-order valence-corrected chi connectivity index (χ0v) is 14.9. The van der Waals surface area contributed by atoms with Gasteiger partial charge in [0.15, 0.2) is 17.5 Å². The Morgan fingerprint density at radius 1 is 1.25 bits per heavy atom. The van der Waals surface area contributed by atoms with Crippen molar-refractivity contribution < 1.29 is 14.2 Å². The molecule has 132 valence electrons. The van der Waals surface area contributed by atoms with Gasteiger partial charge in [0.2, 0.25) is 0 Å². The summed E-state index contributed by atoms with van der Waals surface area (Å²) in [6.07, 6.45) is 1.75. The predicted molar refractivity (Wildman–Crippen MR) is 94.9 cm³/mol. The number of guanidine groups is 1. The molecule has 2 unspecified atom stereocenters. The van der Waals surface area contributed by atoms with Crippen LogP contribution in [0.5, 0.6) is 11.5 Å². The Kier molecular flexibility index (Phi) is 4.34. The maximum absolute atomic E-state index is 6.10. The maximum Gasteiger partial charge on any atom is 0.193 e. The second-order valence-electron chi connectivity index (χ2n) is 7.23. The summed E-state index contributed by atoms with van der Waals surface area (Å²) in [5.74, 6) is 1.91. The number of nitrogens with two attached hydrogens (primary N) is 1. The summed E-state index contributed by atoms with van der Waals surface area (Å²) in [5, 5.41) is 3.15. The molecule has 0 amide bonds. The van der Waals surface area contributed by atoms with Gasteiger partial charge in [-0.1, -0.05) is 13.8 Å². The number of hydrogen-bond donors (Lipinski definition) is 2. The van der Waals surface area contributed by atoms with Gasteiger partial charge in [-0.05, 0) is 25.5 Å².